The van der Waals surface area contributed by atoms with Crippen LogP contribution in [-0.4, -0.2) is 23.8 Å². The third-order valence-electron chi connectivity index (χ3n) is 3.86. The van der Waals surface area contributed by atoms with Crippen LogP contribution in [0.15, 0.2) is 18.2 Å². The molecule has 1 heterocycles. The highest BCUT2D eigenvalue weighted by Crippen LogP contribution is 2.37. The SMILES string of the molecule is C[C@@]1(c2cc([N+](=O)[O-])ccc2F)CC[C@](F)(CF)CN1. The molecule has 1 aliphatic heterocycles. The number of hydrogen-bond acceptors (Lipinski definition) is 3. The Hall–Kier alpha value is -1.63. The number of nitrogens with zero attached hydrogens (tertiary/aromatic N) is 1. The molecule has 110 valence electrons. The van der Waals surface area contributed by atoms with Gasteiger partial charge in [0.2, 0.25) is 0 Å². The van der Waals surface area contributed by atoms with Gasteiger partial charge in [-0.05, 0) is 25.8 Å². The van der Waals surface area contributed by atoms with Crippen molar-refractivity contribution in [3.8, 4) is 0 Å². The Balaban J connectivity index is 2.32. The molecule has 1 aromatic rings. The summed E-state index contributed by atoms with van der Waals surface area (Å²) in [6.07, 6.45) is 0.0979. The fourth-order valence-corrected chi connectivity index (χ4v) is 2.40. The number of alkyl halides is 2. The molecule has 20 heavy (non-hydrogen) atoms. The summed E-state index contributed by atoms with van der Waals surface area (Å²) < 4.78 is 40.3. The Morgan fingerprint density at radius 2 is 2.15 bits per heavy atom. The Morgan fingerprint density at radius 1 is 1.45 bits per heavy atom. The summed E-state index contributed by atoms with van der Waals surface area (Å²) in [5.74, 6) is -0.600. The number of rotatable bonds is 3. The molecule has 0 saturated carbocycles. The van der Waals surface area contributed by atoms with Crippen LogP contribution in [0.5, 0.6) is 0 Å². The smallest absolute Gasteiger partial charge is 0.269 e. The second-order valence-electron chi connectivity index (χ2n) is 5.39. The van der Waals surface area contributed by atoms with Crippen LogP contribution < -0.4 is 5.32 Å². The first-order valence-corrected chi connectivity index (χ1v) is 6.24. The van der Waals surface area contributed by atoms with Gasteiger partial charge in [0.05, 0.1) is 4.92 Å². The minimum Gasteiger partial charge on any atom is -0.304 e. The van der Waals surface area contributed by atoms with Gasteiger partial charge in [0.25, 0.3) is 5.69 Å². The van der Waals surface area contributed by atoms with Crippen LogP contribution in [0.1, 0.15) is 25.3 Å². The van der Waals surface area contributed by atoms with E-state index < -0.39 is 28.6 Å². The van der Waals surface area contributed by atoms with Crippen molar-refractivity contribution in [2.24, 2.45) is 0 Å². The quantitative estimate of drug-likeness (QED) is 0.687. The van der Waals surface area contributed by atoms with Crippen molar-refractivity contribution in [3.05, 3.63) is 39.7 Å². The van der Waals surface area contributed by atoms with Gasteiger partial charge in [-0.2, -0.15) is 0 Å². The van der Waals surface area contributed by atoms with Gasteiger partial charge in [0.15, 0.2) is 5.67 Å². The van der Waals surface area contributed by atoms with Crippen LogP contribution in [0.3, 0.4) is 0 Å². The third-order valence-corrected chi connectivity index (χ3v) is 3.86. The first kappa shape index (κ1) is 14.8. The fraction of sp³-hybridized carbons (Fsp3) is 0.538. The molecule has 0 spiro atoms. The monoisotopic (exact) mass is 288 g/mol. The van der Waals surface area contributed by atoms with Crippen molar-refractivity contribution < 1.29 is 18.1 Å². The van der Waals surface area contributed by atoms with Gasteiger partial charge in [-0.25, -0.2) is 13.2 Å². The predicted octanol–water partition coefficient (Wildman–Crippen LogP) is 3.01. The van der Waals surface area contributed by atoms with Gasteiger partial charge >= 0.3 is 0 Å². The average Bonchev–Trinajstić information content (AvgIpc) is 2.43. The minimum atomic E-state index is -1.95. The van der Waals surface area contributed by atoms with E-state index in [0.29, 0.717) is 0 Å². The molecule has 0 bridgehead atoms. The molecule has 0 amide bonds. The summed E-state index contributed by atoms with van der Waals surface area (Å²) in [5.41, 5.74) is -3.02. The van der Waals surface area contributed by atoms with Crippen molar-refractivity contribution in [1.29, 1.82) is 0 Å². The first-order chi connectivity index (χ1) is 9.30. The number of piperidine rings is 1. The molecular formula is C13H15F3N2O2. The highest BCUT2D eigenvalue weighted by atomic mass is 19.2. The van der Waals surface area contributed by atoms with Crippen LogP contribution in [0, 0.1) is 15.9 Å². The van der Waals surface area contributed by atoms with Crippen LogP contribution in [0.4, 0.5) is 18.9 Å². The second kappa shape index (κ2) is 5.05. The molecule has 1 aromatic carbocycles. The molecule has 4 nitrogen and oxygen atoms in total. The first-order valence-electron chi connectivity index (χ1n) is 6.24. The van der Waals surface area contributed by atoms with E-state index in [1.165, 1.54) is 0 Å². The molecule has 2 rings (SSSR count). The van der Waals surface area contributed by atoms with E-state index in [9.17, 15) is 23.3 Å². The summed E-state index contributed by atoms with van der Waals surface area (Å²) in [6.45, 7) is 0.280. The lowest BCUT2D eigenvalue weighted by Gasteiger charge is -2.41. The van der Waals surface area contributed by atoms with E-state index in [4.69, 9.17) is 0 Å². The number of nitro benzene ring substituents is 1. The zero-order valence-corrected chi connectivity index (χ0v) is 11.0. The third kappa shape index (κ3) is 2.63. The zero-order valence-electron chi connectivity index (χ0n) is 11.0. The summed E-state index contributed by atoms with van der Waals surface area (Å²) in [6, 6.07) is 3.24. The lowest BCUT2D eigenvalue weighted by Crippen LogP contribution is -2.54. The number of halogens is 3. The highest BCUT2D eigenvalue weighted by Gasteiger charge is 2.42. The summed E-state index contributed by atoms with van der Waals surface area (Å²) >= 11 is 0. The van der Waals surface area contributed by atoms with Crippen LogP contribution in [0.25, 0.3) is 0 Å². The van der Waals surface area contributed by atoms with E-state index in [2.05, 4.69) is 5.32 Å². The Labute approximate surface area is 114 Å². The van der Waals surface area contributed by atoms with Gasteiger partial charge in [-0.3, -0.25) is 10.1 Å². The minimum absolute atomic E-state index is 0.0604. The largest absolute Gasteiger partial charge is 0.304 e. The summed E-state index contributed by atoms with van der Waals surface area (Å²) in [4.78, 5) is 10.1. The predicted molar refractivity (Wildman–Crippen MR) is 67.5 cm³/mol. The molecular weight excluding hydrogens is 273 g/mol. The normalized spacial score (nSPS) is 30.2. The fourth-order valence-electron chi connectivity index (χ4n) is 2.40. The molecule has 1 aliphatic rings. The van der Waals surface area contributed by atoms with E-state index in [0.717, 1.165) is 18.2 Å². The van der Waals surface area contributed by atoms with Crippen molar-refractivity contribution in [2.75, 3.05) is 13.2 Å². The lowest BCUT2D eigenvalue weighted by molar-refractivity contribution is -0.385. The van der Waals surface area contributed by atoms with Crippen molar-refractivity contribution in [3.63, 3.8) is 0 Å². The Kier molecular flexibility index (Phi) is 3.73. The average molecular weight is 288 g/mol. The van der Waals surface area contributed by atoms with Crippen LogP contribution in [0.2, 0.25) is 0 Å². The Morgan fingerprint density at radius 3 is 2.65 bits per heavy atom. The van der Waals surface area contributed by atoms with Gasteiger partial charge in [0, 0.05) is 29.8 Å². The van der Waals surface area contributed by atoms with Gasteiger partial charge < -0.3 is 5.32 Å². The van der Waals surface area contributed by atoms with E-state index >= 15 is 0 Å². The number of nitrogens with one attached hydrogen (secondary N) is 1. The maximum atomic E-state index is 13.9. The maximum absolute atomic E-state index is 13.9. The molecule has 1 N–H and O–H groups in total. The van der Waals surface area contributed by atoms with E-state index in [-0.39, 0.29) is 30.6 Å². The molecule has 2 atom stereocenters. The van der Waals surface area contributed by atoms with E-state index in [1.807, 2.05) is 0 Å². The number of benzene rings is 1. The van der Waals surface area contributed by atoms with E-state index in [1.54, 1.807) is 6.92 Å². The molecule has 0 aliphatic carbocycles. The van der Waals surface area contributed by atoms with Gasteiger partial charge in [-0.15, -0.1) is 0 Å². The number of nitro groups is 1. The summed E-state index contributed by atoms with van der Waals surface area (Å²) in [5, 5.41) is 13.5. The molecule has 7 heteroatoms. The molecule has 1 fully saturated rings. The topological polar surface area (TPSA) is 55.2 Å². The summed E-state index contributed by atoms with van der Waals surface area (Å²) in [7, 11) is 0. The standard InChI is InChI=1S/C13H15F3N2O2/c1-12(4-5-13(16,7-14)8-17-12)10-6-9(18(19)20)2-3-11(10)15/h2-3,6,17H,4-5,7-8H2,1H3/t12-,13-/m0/s1. The molecule has 0 radical (unpaired) electrons. The zero-order chi connectivity index (χ0) is 15.0. The van der Waals surface area contributed by atoms with Crippen molar-refractivity contribution in [2.45, 2.75) is 31.0 Å². The molecule has 0 unspecified atom stereocenters. The molecule has 0 aromatic heterocycles. The van der Waals surface area contributed by atoms with Crippen molar-refractivity contribution >= 4 is 5.69 Å². The Bertz CT molecular complexity index is 528. The van der Waals surface area contributed by atoms with Crippen LogP contribution in [-0.2, 0) is 5.54 Å². The van der Waals surface area contributed by atoms with Gasteiger partial charge in [0.1, 0.15) is 12.5 Å². The van der Waals surface area contributed by atoms with Gasteiger partial charge in [-0.1, -0.05) is 0 Å². The second-order valence-corrected chi connectivity index (χ2v) is 5.39. The lowest BCUT2D eigenvalue weighted by atomic mass is 9.79. The maximum Gasteiger partial charge on any atom is 0.269 e. The highest BCUT2D eigenvalue weighted by molar-refractivity contribution is 5.39. The van der Waals surface area contributed by atoms with Crippen molar-refractivity contribution in [1.82, 2.24) is 5.32 Å². The molecule has 1 saturated heterocycles. The van der Waals surface area contributed by atoms with Crippen LogP contribution >= 0.6 is 0 Å². The number of non-ortho nitro benzene ring substituents is 1. The number of hydrogen-bond donors (Lipinski definition) is 1.